The molecule has 1 heterocycles. The van der Waals surface area contributed by atoms with Gasteiger partial charge in [0.05, 0.1) is 11.6 Å². The molecule has 1 aromatic rings. The van der Waals surface area contributed by atoms with Gasteiger partial charge in [0.25, 0.3) is 0 Å². The molecule has 0 amide bonds. The van der Waals surface area contributed by atoms with E-state index in [2.05, 4.69) is 40.3 Å². The zero-order valence-electron chi connectivity index (χ0n) is 10.6. The van der Waals surface area contributed by atoms with Crippen LogP contribution in [-0.2, 0) is 6.42 Å². The lowest BCUT2D eigenvalue weighted by Gasteiger charge is -2.26. The molecule has 2 rings (SSSR count). The number of piperidine rings is 1. The predicted molar refractivity (Wildman–Crippen MR) is 74.7 cm³/mol. The highest BCUT2D eigenvalue weighted by Gasteiger charge is 2.20. The quantitative estimate of drug-likeness (QED) is 0.915. The Morgan fingerprint density at radius 1 is 1.41 bits per heavy atom. The summed E-state index contributed by atoms with van der Waals surface area (Å²) in [5, 5.41) is 3.59. The summed E-state index contributed by atoms with van der Waals surface area (Å²) in [6, 6.07) is 4.89. The number of halogens is 1. The molecule has 1 aliphatic heterocycles. The molecule has 0 radical (unpaired) electrons. The van der Waals surface area contributed by atoms with Crippen molar-refractivity contribution in [1.29, 1.82) is 0 Å². The third-order valence-electron chi connectivity index (χ3n) is 3.43. The van der Waals surface area contributed by atoms with Crippen LogP contribution in [0.2, 0.25) is 0 Å². The number of benzene rings is 1. The second-order valence-corrected chi connectivity index (χ2v) is 5.41. The Bertz CT molecular complexity index is 386. The predicted octanol–water partition coefficient (Wildman–Crippen LogP) is 3.83. The van der Waals surface area contributed by atoms with Crippen molar-refractivity contribution < 1.29 is 4.74 Å². The third-order valence-corrected chi connectivity index (χ3v) is 4.02. The number of ether oxygens (including phenoxy) is 1. The first-order valence-electron chi connectivity index (χ1n) is 6.36. The molecule has 94 valence electrons. The van der Waals surface area contributed by atoms with E-state index in [4.69, 9.17) is 4.74 Å². The number of rotatable bonds is 3. The maximum absolute atomic E-state index is 5.54. The molecule has 0 aliphatic carbocycles. The lowest BCUT2D eigenvalue weighted by atomic mass is 9.95. The second kappa shape index (κ2) is 5.87. The van der Waals surface area contributed by atoms with E-state index in [1.165, 1.54) is 30.4 Å². The Morgan fingerprint density at radius 3 is 2.82 bits per heavy atom. The smallest absolute Gasteiger partial charge is 0.137 e. The Hall–Kier alpha value is -0.540. The van der Waals surface area contributed by atoms with Gasteiger partial charge in [0, 0.05) is 11.6 Å². The van der Waals surface area contributed by atoms with Crippen LogP contribution in [0, 0.1) is 0 Å². The van der Waals surface area contributed by atoms with Crippen LogP contribution in [0.4, 0.5) is 0 Å². The Balaban J connectivity index is 2.38. The van der Waals surface area contributed by atoms with E-state index >= 15 is 0 Å². The molecule has 3 heteroatoms. The lowest BCUT2D eigenvalue weighted by Crippen LogP contribution is -2.27. The van der Waals surface area contributed by atoms with Gasteiger partial charge in [-0.1, -0.05) is 19.4 Å². The van der Waals surface area contributed by atoms with Crippen LogP contribution >= 0.6 is 15.9 Å². The van der Waals surface area contributed by atoms with Crippen LogP contribution in [0.25, 0.3) is 0 Å². The molecule has 0 spiro atoms. The lowest BCUT2D eigenvalue weighted by molar-refractivity contribution is 0.371. The summed E-state index contributed by atoms with van der Waals surface area (Å²) in [4.78, 5) is 0. The number of methoxy groups -OCH3 is 1. The van der Waals surface area contributed by atoms with Gasteiger partial charge in [-0.25, -0.2) is 0 Å². The molecular formula is C14H20BrNO. The van der Waals surface area contributed by atoms with Crippen LogP contribution in [0.5, 0.6) is 5.75 Å². The van der Waals surface area contributed by atoms with Crippen molar-refractivity contribution in [2.45, 2.75) is 38.6 Å². The fourth-order valence-corrected chi connectivity index (χ4v) is 3.15. The summed E-state index contributed by atoms with van der Waals surface area (Å²) >= 11 is 3.61. The molecule has 1 atom stereocenters. The summed E-state index contributed by atoms with van der Waals surface area (Å²) in [6.45, 7) is 3.30. The van der Waals surface area contributed by atoms with Crippen LogP contribution in [0.3, 0.4) is 0 Å². The number of hydrogen-bond acceptors (Lipinski definition) is 2. The van der Waals surface area contributed by atoms with Gasteiger partial charge in [0.15, 0.2) is 0 Å². The first-order valence-corrected chi connectivity index (χ1v) is 7.15. The van der Waals surface area contributed by atoms with Crippen LogP contribution in [0.1, 0.15) is 43.4 Å². The van der Waals surface area contributed by atoms with Crippen molar-refractivity contribution in [2.24, 2.45) is 0 Å². The fourth-order valence-electron chi connectivity index (χ4n) is 2.47. The van der Waals surface area contributed by atoms with Crippen molar-refractivity contribution >= 4 is 15.9 Å². The normalized spacial score (nSPS) is 20.3. The van der Waals surface area contributed by atoms with E-state index in [9.17, 15) is 0 Å². The SMILES string of the molecule is CCc1cc(Br)c(OC)c(C2CCCCN2)c1. The van der Waals surface area contributed by atoms with Gasteiger partial charge in [-0.3, -0.25) is 0 Å². The minimum Gasteiger partial charge on any atom is -0.495 e. The number of hydrogen-bond donors (Lipinski definition) is 1. The van der Waals surface area contributed by atoms with Crippen molar-refractivity contribution in [3.8, 4) is 5.75 Å². The molecule has 1 N–H and O–H groups in total. The first kappa shape index (κ1) is 12.9. The molecule has 0 saturated carbocycles. The van der Waals surface area contributed by atoms with Gasteiger partial charge >= 0.3 is 0 Å². The topological polar surface area (TPSA) is 21.3 Å². The van der Waals surface area contributed by atoms with Crippen molar-refractivity contribution in [1.82, 2.24) is 5.32 Å². The van der Waals surface area contributed by atoms with Crippen LogP contribution in [-0.4, -0.2) is 13.7 Å². The van der Waals surface area contributed by atoms with Gasteiger partial charge < -0.3 is 10.1 Å². The molecule has 17 heavy (non-hydrogen) atoms. The highest BCUT2D eigenvalue weighted by atomic mass is 79.9. The molecule has 2 nitrogen and oxygen atoms in total. The van der Waals surface area contributed by atoms with E-state index in [0.29, 0.717) is 6.04 Å². The summed E-state index contributed by atoms with van der Waals surface area (Å²) < 4.78 is 6.61. The average molecular weight is 298 g/mol. The van der Waals surface area contributed by atoms with E-state index in [1.54, 1.807) is 7.11 Å². The summed E-state index contributed by atoms with van der Waals surface area (Å²) in [5.41, 5.74) is 2.67. The van der Waals surface area contributed by atoms with E-state index in [-0.39, 0.29) is 0 Å². The fraction of sp³-hybridized carbons (Fsp3) is 0.571. The Kier molecular flexibility index (Phi) is 4.46. The third kappa shape index (κ3) is 2.83. The number of aryl methyl sites for hydroxylation is 1. The monoisotopic (exact) mass is 297 g/mol. The molecule has 1 saturated heterocycles. The molecular weight excluding hydrogens is 278 g/mol. The highest BCUT2D eigenvalue weighted by molar-refractivity contribution is 9.10. The summed E-state index contributed by atoms with van der Waals surface area (Å²) in [6.07, 6.45) is 4.85. The average Bonchev–Trinajstić information content (AvgIpc) is 2.38. The highest BCUT2D eigenvalue weighted by Crippen LogP contribution is 2.37. The molecule has 1 aliphatic rings. The van der Waals surface area contributed by atoms with Gasteiger partial charge in [0.1, 0.15) is 5.75 Å². The van der Waals surface area contributed by atoms with E-state index in [0.717, 1.165) is 23.2 Å². The van der Waals surface area contributed by atoms with E-state index < -0.39 is 0 Å². The molecule has 0 bridgehead atoms. The van der Waals surface area contributed by atoms with Gasteiger partial charge in [0.2, 0.25) is 0 Å². The van der Waals surface area contributed by atoms with Crippen molar-refractivity contribution in [2.75, 3.05) is 13.7 Å². The summed E-state index contributed by atoms with van der Waals surface area (Å²) in [7, 11) is 1.75. The first-order chi connectivity index (χ1) is 8.26. The Labute approximate surface area is 112 Å². The molecule has 0 aromatic heterocycles. The van der Waals surface area contributed by atoms with Gasteiger partial charge in [-0.2, -0.15) is 0 Å². The molecule has 1 fully saturated rings. The maximum atomic E-state index is 5.54. The molecule has 1 unspecified atom stereocenters. The molecule has 1 aromatic carbocycles. The van der Waals surface area contributed by atoms with Crippen molar-refractivity contribution in [3.63, 3.8) is 0 Å². The Morgan fingerprint density at radius 2 is 2.24 bits per heavy atom. The summed E-state index contributed by atoms with van der Waals surface area (Å²) in [5.74, 6) is 0.988. The van der Waals surface area contributed by atoms with E-state index in [1.807, 2.05) is 0 Å². The largest absolute Gasteiger partial charge is 0.495 e. The zero-order chi connectivity index (χ0) is 12.3. The minimum absolute atomic E-state index is 0.446. The van der Waals surface area contributed by atoms with Crippen LogP contribution < -0.4 is 10.1 Å². The van der Waals surface area contributed by atoms with Gasteiger partial charge in [-0.05, 0) is 53.4 Å². The zero-order valence-corrected chi connectivity index (χ0v) is 12.1. The van der Waals surface area contributed by atoms with Crippen LogP contribution in [0.15, 0.2) is 16.6 Å². The number of nitrogens with one attached hydrogen (secondary N) is 1. The maximum Gasteiger partial charge on any atom is 0.137 e. The standard InChI is InChI=1S/C14H20BrNO/c1-3-10-8-11(13-6-4-5-7-16-13)14(17-2)12(15)9-10/h8-9,13,16H,3-7H2,1-2H3. The van der Waals surface area contributed by atoms with Crippen molar-refractivity contribution in [3.05, 3.63) is 27.7 Å². The second-order valence-electron chi connectivity index (χ2n) is 4.56. The van der Waals surface area contributed by atoms with Gasteiger partial charge in [-0.15, -0.1) is 0 Å². The minimum atomic E-state index is 0.446.